The Hall–Kier alpha value is -1.35. The Balaban J connectivity index is 2.13. The summed E-state index contributed by atoms with van der Waals surface area (Å²) in [5.41, 5.74) is 1.17. The average molecular weight is 191 g/mol. The zero-order valence-electron chi connectivity index (χ0n) is 8.31. The first-order chi connectivity index (χ1) is 6.75. The molecular formula is C11H13NO2. The third-order valence-corrected chi connectivity index (χ3v) is 2.67. The van der Waals surface area contributed by atoms with E-state index in [1.165, 1.54) is 12.7 Å². The lowest BCUT2D eigenvalue weighted by atomic mass is 10.1. The second kappa shape index (κ2) is 3.42. The number of benzene rings is 1. The maximum Gasteiger partial charge on any atom is 0.325 e. The van der Waals surface area contributed by atoms with Gasteiger partial charge < -0.3 is 4.74 Å². The van der Waals surface area contributed by atoms with E-state index >= 15 is 0 Å². The summed E-state index contributed by atoms with van der Waals surface area (Å²) in [6.45, 7) is 0. The number of rotatable bonds is 2. The maximum absolute atomic E-state index is 11.3. The Morgan fingerprint density at radius 1 is 1.36 bits per heavy atom. The molecule has 0 bridgehead atoms. The first-order valence-electron chi connectivity index (χ1n) is 4.60. The van der Waals surface area contributed by atoms with E-state index in [1.807, 2.05) is 42.3 Å². The van der Waals surface area contributed by atoms with Crippen molar-refractivity contribution in [3.8, 4) is 0 Å². The number of methoxy groups -OCH3 is 1. The lowest BCUT2D eigenvalue weighted by Gasteiger charge is -1.96. The predicted molar refractivity (Wildman–Crippen MR) is 52.8 cm³/mol. The second-order valence-electron chi connectivity index (χ2n) is 3.49. The van der Waals surface area contributed by atoms with Crippen molar-refractivity contribution in [1.29, 1.82) is 0 Å². The van der Waals surface area contributed by atoms with E-state index in [2.05, 4.69) is 0 Å². The van der Waals surface area contributed by atoms with Crippen molar-refractivity contribution in [1.82, 2.24) is 4.90 Å². The van der Waals surface area contributed by atoms with Crippen LogP contribution in [0, 0.1) is 0 Å². The third-order valence-electron chi connectivity index (χ3n) is 2.67. The summed E-state index contributed by atoms with van der Waals surface area (Å²) in [6.07, 6.45) is 0. The van der Waals surface area contributed by atoms with Crippen LogP contribution in [-0.4, -0.2) is 31.1 Å². The molecule has 1 fully saturated rings. The number of hydrogen-bond donors (Lipinski definition) is 0. The minimum atomic E-state index is -0.152. The molecule has 0 N–H and O–H groups in total. The van der Waals surface area contributed by atoms with E-state index in [-0.39, 0.29) is 18.1 Å². The van der Waals surface area contributed by atoms with Crippen LogP contribution in [0.3, 0.4) is 0 Å². The molecule has 1 aliphatic heterocycles. The minimum absolute atomic E-state index is 0.0950. The molecule has 74 valence electrons. The molecule has 1 aromatic carbocycles. The van der Waals surface area contributed by atoms with Gasteiger partial charge >= 0.3 is 5.97 Å². The van der Waals surface area contributed by atoms with Gasteiger partial charge in [0, 0.05) is 0 Å². The molecule has 0 saturated carbocycles. The van der Waals surface area contributed by atoms with Crippen molar-refractivity contribution in [3.63, 3.8) is 0 Å². The number of esters is 1. The van der Waals surface area contributed by atoms with Crippen LogP contribution < -0.4 is 0 Å². The van der Waals surface area contributed by atoms with E-state index in [9.17, 15) is 4.79 Å². The summed E-state index contributed by atoms with van der Waals surface area (Å²) in [5.74, 6) is -0.152. The molecule has 3 atom stereocenters. The van der Waals surface area contributed by atoms with Crippen molar-refractivity contribution < 1.29 is 9.53 Å². The van der Waals surface area contributed by atoms with Crippen LogP contribution in [0.5, 0.6) is 0 Å². The van der Waals surface area contributed by atoms with Crippen molar-refractivity contribution >= 4 is 5.97 Å². The molecule has 0 aromatic heterocycles. The maximum atomic E-state index is 11.3. The van der Waals surface area contributed by atoms with E-state index in [1.54, 1.807) is 0 Å². The Kier molecular flexibility index (Phi) is 2.25. The fraction of sp³-hybridized carbons (Fsp3) is 0.364. The average Bonchev–Trinajstić information content (AvgIpc) is 2.90. The fourth-order valence-electron chi connectivity index (χ4n) is 1.82. The zero-order valence-corrected chi connectivity index (χ0v) is 8.31. The molecule has 14 heavy (non-hydrogen) atoms. The third kappa shape index (κ3) is 1.40. The summed E-state index contributed by atoms with van der Waals surface area (Å²) < 4.78 is 4.72. The van der Waals surface area contributed by atoms with Gasteiger partial charge in [-0.1, -0.05) is 30.3 Å². The summed E-state index contributed by atoms with van der Waals surface area (Å²) in [7, 11) is 3.36. The number of nitrogens with zero attached hydrogens (tertiary/aromatic N) is 1. The van der Waals surface area contributed by atoms with Gasteiger partial charge in [-0.25, -0.2) is 0 Å². The van der Waals surface area contributed by atoms with E-state index in [0.29, 0.717) is 0 Å². The zero-order chi connectivity index (χ0) is 10.1. The summed E-state index contributed by atoms with van der Waals surface area (Å²) in [4.78, 5) is 13.3. The van der Waals surface area contributed by atoms with E-state index in [0.717, 1.165) is 0 Å². The molecule has 1 saturated heterocycles. The molecule has 0 aliphatic carbocycles. The molecule has 0 spiro atoms. The van der Waals surface area contributed by atoms with Crippen LogP contribution >= 0.6 is 0 Å². The van der Waals surface area contributed by atoms with Gasteiger partial charge in [0.05, 0.1) is 13.2 Å². The monoisotopic (exact) mass is 191 g/mol. The highest BCUT2D eigenvalue weighted by Crippen LogP contribution is 2.41. The molecule has 3 nitrogen and oxygen atoms in total. The smallest absolute Gasteiger partial charge is 0.325 e. The molecule has 1 unspecified atom stereocenters. The predicted octanol–water partition coefficient (Wildman–Crippen LogP) is 1.21. The number of likely N-dealkylation sites (N-methyl/N-ethyl adjacent to an activating group) is 1. The fourth-order valence-corrected chi connectivity index (χ4v) is 1.82. The first-order valence-corrected chi connectivity index (χ1v) is 4.60. The van der Waals surface area contributed by atoms with Crippen LogP contribution in [0.25, 0.3) is 0 Å². The van der Waals surface area contributed by atoms with Gasteiger partial charge in [-0.2, -0.15) is 0 Å². The van der Waals surface area contributed by atoms with Crippen LogP contribution in [0.2, 0.25) is 0 Å². The Labute approximate surface area is 83.3 Å². The SMILES string of the molecule is COC(=O)[C@H]1[C@@H](c2ccccc2)N1C. The lowest BCUT2D eigenvalue weighted by molar-refractivity contribution is -0.140. The van der Waals surface area contributed by atoms with Crippen molar-refractivity contribution in [3.05, 3.63) is 35.9 Å². The van der Waals surface area contributed by atoms with Crippen LogP contribution in [-0.2, 0) is 9.53 Å². The van der Waals surface area contributed by atoms with E-state index in [4.69, 9.17) is 4.74 Å². The van der Waals surface area contributed by atoms with Gasteiger partial charge in [0.25, 0.3) is 0 Å². The van der Waals surface area contributed by atoms with Gasteiger partial charge in [0.15, 0.2) is 0 Å². The topological polar surface area (TPSA) is 29.3 Å². The van der Waals surface area contributed by atoms with Gasteiger partial charge in [0.2, 0.25) is 0 Å². The normalized spacial score (nSPS) is 29.7. The van der Waals surface area contributed by atoms with Gasteiger partial charge in [0.1, 0.15) is 6.04 Å². The van der Waals surface area contributed by atoms with Crippen molar-refractivity contribution in [2.75, 3.05) is 14.2 Å². The molecular weight excluding hydrogens is 178 g/mol. The highest BCUT2D eigenvalue weighted by Gasteiger charge is 2.51. The van der Waals surface area contributed by atoms with Crippen LogP contribution in [0.4, 0.5) is 0 Å². The van der Waals surface area contributed by atoms with Crippen LogP contribution in [0.15, 0.2) is 30.3 Å². The van der Waals surface area contributed by atoms with Crippen LogP contribution in [0.1, 0.15) is 11.6 Å². The number of carbonyl (C=O) groups excluding carboxylic acids is 1. The van der Waals surface area contributed by atoms with Gasteiger partial charge in [-0.15, -0.1) is 0 Å². The highest BCUT2D eigenvalue weighted by atomic mass is 16.5. The lowest BCUT2D eigenvalue weighted by Crippen LogP contribution is -2.12. The molecule has 2 rings (SSSR count). The van der Waals surface area contributed by atoms with E-state index < -0.39 is 0 Å². The highest BCUT2D eigenvalue weighted by molar-refractivity contribution is 5.80. The number of carbonyl (C=O) groups is 1. The molecule has 1 aromatic rings. The molecule has 1 heterocycles. The molecule has 0 amide bonds. The molecule has 3 heteroatoms. The van der Waals surface area contributed by atoms with Gasteiger partial charge in [-0.05, 0) is 12.6 Å². The second-order valence-corrected chi connectivity index (χ2v) is 3.49. The largest absolute Gasteiger partial charge is 0.468 e. The van der Waals surface area contributed by atoms with Crippen molar-refractivity contribution in [2.24, 2.45) is 0 Å². The standard InChI is InChI=1S/C11H13NO2/c1-12-9(10(12)11(13)14-2)8-6-4-3-5-7-8/h3-7,9-10H,1-2H3/t9-,10-,12?/m1/s1. The molecule has 0 radical (unpaired) electrons. The van der Waals surface area contributed by atoms with Gasteiger partial charge in [-0.3, -0.25) is 9.69 Å². The Bertz CT molecular complexity index is 336. The molecule has 1 aliphatic rings. The quantitative estimate of drug-likeness (QED) is 0.520. The minimum Gasteiger partial charge on any atom is -0.468 e. The summed E-state index contributed by atoms with van der Waals surface area (Å²) in [6, 6.07) is 10.1. The number of ether oxygens (including phenoxy) is 1. The number of hydrogen-bond acceptors (Lipinski definition) is 3. The Morgan fingerprint density at radius 2 is 2.00 bits per heavy atom. The van der Waals surface area contributed by atoms with Crippen molar-refractivity contribution in [2.45, 2.75) is 12.1 Å². The first kappa shape index (κ1) is 9.21. The Morgan fingerprint density at radius 3 is 2.57 bits per heavy atom. The summed E-state index contributed by atoms with van der Waals surface area (Å²) in [5, 5.41) is 0. The summed E-state index contributed by atoms with van der Waals surface area (Å²) >= 11 is 0.